The lowest BCUT2D eigenvalue weighted by atomic mass is 9.65. The van der Waals surface area contributed by atoms with Gasteiger partial charge in [-0.15, -0.1) is 0 Å². The van der Waals surface area contributed by atoms with Crippen molar-refractivity contribution in [1.29, 1.82) is 0 Å². The number of Topliss-reactive ketones (excluding diaryl/α,β-unsaturated/α-hetero) is 1. The van der Waals surface area contributed by atoms with Crippen molar-refractivity contribution in [1.82, 2.24) is 0 Å². The van der Waals surface area contributed by atoms with E-state index in [9.17, 15) is 4.79 Å². The quantitative estimate of drug-likeness (QED) is 0.203. The van der Waals surface area contributed by atoms with Crippen LogP contribution in [0.15, 0.2) is 118 Å². The Morgan fingerprint density at radius 2 is 0.897 bits per heavy atom. The predicted octanol–water partition coefficient (Wildman–Crippen LogP) is 7.43. The van der Waals surface area contributed by atoms with Crippen LogP contribution in [-0.4, -0.2) is 5.78 Å². The molecule has 29 heavy (non-hydrogen) atoms. The molecule has 0 N–H and O–H groups in total. The van der Waals surface area contributed by atoms with E-state index < -0.39 is 5.41 Å². The Morgan fingerprint density at radius 1 is 0.517 bits per heavy atom. The number of rotatable bonds is 5. The highest BCUT2D eigenvalue weighted by atomic mass is 79.9. The third-order valence-electron chi connectivity index (χ3n) is 5.14. The van der Waals surface area contributed by atoms with Gasteiger partial charge in [0.15, 0.2) is 5.78 Å². The first-order chi connectivity index (χ1) is 14.1. The van der Waals surface area contributed by atoms with Gasteiger partial charge in [-0.1, -0.05) is 117 Å². The number of hydrogen-bond donors (Lipinski definition) is 0. The van der Waals surface area contributed by atoms with Crippen molar-refractivity contribution >= 4 is 37.6 Å². The summed E-state index contributed by atoms with van der Waals surface area (Å²) in [4.78, 5) is 14.2. The van der Waals surface area contributed by atoms with Crippen LogP contribution in [0.4, 0.5) is 0 Å². The summed E-state index contributed by atoms with van der Waals surface area (Å²) >= 11 is 7.00. The van der Waals surface area contributed by atoms with Crippen LogP contribution in [0.25, 0.3) is 0 Å². The minimum atomic E-state index is -0.947. The summed E-state index contributed by atoms with van der Waals surface area (Å²) in [5, 5.41) is 0. The monoisotopic (exact) mass is 504 g/mol. The van der Waals surface area contributed by atoms with E-state index in [-0.39, 0.29) is 5.78 Å². The van der Waals surface area contributed by atoms with Crippen LogP contribution in [0.1, 0.15) is 27.0 Å². The molecule has 0 spiro atoms. The highest BCUT2D eigenvalue weighted by Crippen LogP contribution is 2.42. The molecule has 0 bridgehead atoms. The molecular formula is C26H18Br2O. The summed E-state index contributed by atoms with van der Waals surface area (Å²) in [5.41, 5.74) is 2.55. The Bertz CT molecular complexity index is 1060. The average Bonchev–Trinajstić information content (AvgIpc) is 2.77. The number of hydrogen-bond acceptors (Lipinski definition) is 1. The van der Waals surface area contributed by atoms with Crippen LogP contribution in [0.5, 0.6) is 0 Å². The summed E-state index contributed by atoms with van der Waals surface area (Å²) in [6.45, 7) is 0. The number of carbonyl (C=O) groups is 1. The zero-order valence-electron chi connectivity index (χ0n) is 15.6. The number of carbonyl (C=O) groups excluding carboxylic acids is 1. The van der Waals surface area contributed by atoms with E-state index >= 15 is 0 Å². The lowest BCUT2D eigenvalue weighted by molar-refractivity contribution is 0.0935. The maximum absolute atomic E-state index is 14.2. The molecule has 0 aliphatic rings. The maximum atomic E-state index is 14.2. The highest BCUT2D eigenvalue weighted by molar-refractivity contribution is 9.10. The number of ketones is 1. The molecule has 0 aromatic heterocycles. The molecule has 0 aliphatic heterocycles. The summed E-state index contributed by atoms with van der Waals surface area (Å²) < 4.78 is 1.93. The van der Waals surface area contributed by atoms with Gasteiger partial charge in [0.05, 0.1) is 0 Å². The van der Waals surface area contributed by atoms with Gasteiger partial charge in [-0.3, -0.25) is 4.79 Å². The zero-order chi connectivity index (χ0) is 20.3. The minimum Gasteiger partial charge on any atom is -0.292 e. The molecule has 0 saturated heterocycles. The molecular weight excluding hydrogens is 488 g/mol. The second kappa shape index (κ2) is 8.48. The van der Waals surface area contributed by atoms with Crippen molar-refractivity contribution in [3.8, 4) is 0 Å². The smallest absolute Gasteiger partial charge is 0.182 e. The van der Waals surface area contributed by atoms with Gasteiger partial charge in [-0.25, -0.2) is 0 Å². The minimum absolute atomic E-state index is 0.0460. The SMILES string of the molecule is O=C(c1ccc(Br)cc1)C(c1ccccc1)(c1ccccc1)c1ccc(Br)cc1. The van der Waals surface area contributed by atoms with Gasteiger partial charge in [0, 0.05) is 14.5 Å². The van der Waals surface area contributed by atoms with E-state index in [1.807, 2.05) is 109 Å². The predicted molar refractivity (Wildman–Crippen MR) is 125 cm³/mol. The van der Waals surface area contributed by atoms with E-state index in [0.29, 0.717) is 5.56 Å². The maximum Gasteiger partial charge on any atom is 0.182 e. The summed E-state index contributed by atoms with van der Waals surface area (Å²) in [7, 11) is 0. The summed E-state index contributed by atoms with van der Waals surface area (Å²) in [6, 6.07) is 35.7. The summed E-state index contributed by atoms with van der Waals surface area (Å²) in [6.07, 6.45) is 0. The first kappa shape index (κ1) is 19.8. The summed E-state index contributed by atoms with van der Waals surface area (Å²) in [5.74, 6) is 0.0460. The second-order valence-electron chi connectivity index (χ2n) is 6.82. The van der Waals surface area contributed by atoms with Crippen molar-refractivity contribution < 1.29 is 4.79 Å². The van der Waals surface area contributed by atoms with Crippen molar-refractivity contribution in [2.24, 2.45) is 0 Å². The van der Waals surface area contributed by atoms with E-state index in [4.69, 9.17) is 0 Å². The van der Waals surface area contributed by atoms with Crippen molar-refractivity contribution in [2.45, 2.75) is 5.41 Å². The molecule has 4 rings (SSSR count). The van der Waals surface area contributed by atoms with Crippen LogP contribution >= 0.6 is 31.9 Å². The fourth-order valence-electron chi connectivity index (χ4n) is 3.79. The molecule has 0 unspecified atom stereocenters. The molecule has 0 amide bonds. The van der Waals surface area contributed by atoms with Crippen molar-refractivity contribution in [2.75, 3.05) is 0 Å². The molecule has 4 aromatic carbocycles. The Kier molecular flexibility index (Phi) is 5.79. The molecule has 3 heteroatoms. The van der Waals surface area contributed by atoms with Crippen LogP contribution in [-0.2, 0) is 5.41 Å². The first-order valence-corrected chi connectivity index (χ1v) is 10.9. The lowest BCUT2D eigenvalue weighted by Crippen LogP contribution is -2.38. The molecule has 0 radical (unpaired) electrons. The van der Waals surface area contributed by atoms with E-state index in [2.05, 4.69) is 31.9 Å². The standard InChI is InChI=1S/C26H18Br2O/c27-23-15-11-19(12-16-23)25(29)26(20-7-3-1-4-8-20,21-9-5-2-6-10-21)22-13-17-24(28)18-14-22/h1-18H. The van der Waals surface area contributed by atoms with E-state index in [0.717, 1.165) is 25.6 Å². The lowest BCUT2D eigenvalue weighted by Gasteiger charge is -2.34. The van der Waals surface area contributed by atoms with Gasteiger partial charge in [0.2, 0.25) is 0 Å². The Labute approximate surface area is 187 Å². The Balaban J connectivity index is 2.07. The molecule has 0 heterocycles. The first-order valence-electron chi connectivity index (χ1n) is 9.30. The molecule has 0 atom stereocenters. The number of halogens is 2. The molecule has 0 saturated carbocycles. The van der Waals surface area contributed by atoms with E-state index in [1.54, 1.807) is 0 Å². The van der Waals surface area contributed by atoms with Gasteiger partial charge in [-0.2, -0.15) is 0 Å². The highest BCUT2D eigenvalue weighted by Gasteiger charge is 2.43. The Morgan fingerprint density at radius 3 is 1.34 bits per heavy atom. The van der Waals surface area contributed by atoms with Crippen LogP contribution in [0.3, 0.4) is 0 Å². The van der Waals surface area contributed by atoms with Gasteiger partial charge < -0.3 is 0 Å². The molecule has 1 nitrogen and oxygen atoms in total. The van der Waals surface area contributed by atoms with Crippen LogP contribution < -0.4 is 0 Å². The van der Waals surface area contributed by atoms with Crippen LogP contribution in [0.2, 0.25) is 0 Å². The van der Waals surface area contributed by atoms with E-state index in [1.165, 1.54) is 0 Å². The molecule has 0 fully saturated rings. The van der Waals surface area contributed by atoms with Gasteiger partial charge >= 0.3 is 0 Å². The average molecular weight is 506 g/mol. The zero-order valence-corrected chi connectivity index (χ0v) is 18.7. The third kappa shape index (κ3) is 3.73. The van der Waals surface area contributed by atoms with Crippen LogP contribution in [0, 0.1) is 0 Å². The van der Waals surface area contributed by atoms with Gasteiger partial charge in [-0.05, 0) is 41.0 Å². The van der Waals surface area contributed by atoms with Gasteiger partial charge in [0.25, 0.3) is 0 Å². The second-order valence-corrected chi connectivity index (χ2v) is 8.66. The number of benzene rings is 4. The normalized spacial score (nSPS) is 11.2. The fraction of sp³-hybridized carbons (Fsp3) is 0.0385. The van der Waals surface area contributed by atoms with Crippen molar-refractivity contribution in [3.05, 3.63) is 140 Å². The van der Waals surface area contributed by atoms with Gasteiger partial charge in [0.1, 0.15) is 5.41 Å². The molecule has 142 valence electrons. The molecule has 4 aromatic rings. The largest absolute Gasteiger partial charge is 0.292 e. The molecule has 0 aliphatic carbocycles. The fourth-order valence-corrected chi connectivity index (χ4v) is 4.32. The topological polar surface area (TPSA) is 17.1 Å². The Hall–Kier alpha value is -2.49. The third-order valence-corrected chi connectivity index (χ3v) is 6.20. The van der Waals surface area contributed by atoms with Crippen molar-refractivity contribution in [3.63, 3.8) is 0 Å².